The Bertz CT molecular complexity index is 983. The van der Waals surface area contributed by atoms with E-state index in [1.807, 2.05) is 19.9 Å². The number of rotatable bonds is 6. The van der Waals surface area contributed by atoms with Crippen LogP contribution in [0.3, 0.4) is 0 Å². The summed E-state index contributed by atoms with van der Waals surface area (Å²) in [6.07, 6.45) is 0.338. The molecule has 1 saturated heterocycles. The molecule has 2 aromatic carbocycles. The fraction of sp³-hybridized carbons (Fsp3) is 0.318. The fourth-order valence-electron chi connectivity index (χ4n) is 3.68. The van der Waals surface area contributed by atoms with Gasteiger partial charge in [-0.2, -0.15) is 0 Å². The van der Waals surface area contributed by atoms with Gasteiger partial charge in [-0.1, -0.05) is 36.7 Å². The first-order valence-electron chi connectivity index (χ1n) is 9.57. The van der Waals surface area contributed by atoms with Crippen LogP contribution in [0.2, 0.25) is 5.02 Å². The standard InChI is InChI=1S/C22H24ClN3O4/c1-5-22(15-6-8-16(30-4)9-7-15)20(28)26(21(29)25-22)12-18(27)24-19-14(3)10-13(2)11-17(19)23/h6-11H,5,12H2,1-4H3,(H,24,27)(H,25,29). The van der Waals surface area contributed by atoms with E-state index in [2.05, 4.69) is 10.6 Å². The van der Waals surface area contributed by atoms with Gasteiger partial charge < -0.3 is 15.4 Å². The molecule has 158 valence electrons. The van der Waals surface area contributed by atoms with Gasteiger partial charge in [0.2, 0.25) is 5.91 Å². The number of hydrogen-bond acceptors (Lipinski definition) is 4. The number of methoxy groups -OCH3 is 1. The van der Waals surface area contributed by atoms with Crippen molar-refractivity contribution in [3.63, 3.8) is 0 Å². The summed E-state index contributed by atoms with van der Waals surface area (Å²) in [4.78, 5) is 39.3. The van der Waals surface area contributed by atoms with Gasteiger partial charge in [-0.15, -0.1) is 0 Å². The third-order valence-electron chi connectivity index (χ3n) is 5.29. The number of ether oxygens (including phenoxy) is 1. The van der Waals surface area contributed by atoms with Crippen molar-refractivity contribution in [3.05, 3.63) is 58.1 Å². The lowest BCUT2D eigenvalue weighted by molar-refractivity contribution is -0.134. The lowest BCUT2D eigenvalue weighted by atomic mass is 9.87. The molecule has 0 spiro atoms. The van der Waals surface area contributed by atoms with Crippen molar-refractivity contribution in [2.75, 3.05) is 19.0 Å². The Morgan fingerprint density at radius 3 is 2.43 bits per heavy atom. The van der Waals surface area contributed by atoms with Crippen LogP contribution < -0.4 is 15.4 Å². The molecule has 1 fully saturated rings. The Kier molecular flexibility index (Phi) is 6.03. The number of benzene rings is 2. The Labute approximate surface area is 180 Å². The Balaban J connectivity index is 1.81. The molecule has 0 saturated carbocycles. The van der Waals surface area contributed by atoms with Gasteiger partial charge in [-0.3, -0.25) is 14.5 Å². The van der Waals surface area contributed by atoms with Crippen LogP contribution in [-0.4, -0.2) is 36.4 Å². The Hall–Kier alpha value is -3.06. The molecule has 7 nitrogen and oxygen atoms in total. The van der Waals surface area contributed by atoms with Gasteiger partial charge in [0.15, 0.2) is 0 Å². The zero-order valence-corrected chi connectivity index (χ0v) is 18.1. The predicted molar refractivity (Wildman–Crippen MR) is 115 cm³/mol. The number of carbonyl (C=O) groups is 3. The molecular formula is C22H24ClN3O4. The highest BCUT2D eigenvalue weighted by molar-refractivity contribution is 6.34. The first-order chi connectivity index (χ1) is 14.2. The van der Waals surface area contributed by atoms with E-state index in [0.717, 1.165) is 16.0 Å². The summed E-state index contributed by atoms with van der Waals surface area (Å²) >= 11 is 6.24. The summed E-state index contributed by atoms with van der Waals surface area (Å²) in [7, 11) is 1.55. The van der Waals surface area contributed by atoms with E-state index in [1.165, 1.54) is 0 Å². The van der Waals surface area contributed by atoms with Gasteiger partial charge in [0.25, 0.3) is 5.91 Å². The van der Waals surface area contributed by atoms with E-state index in [9.17, 15) is 14.4 Å². The van der Waals surface area contributed by atoms with Gasteiger partial charge in [0, 0.05) is 0 Å². The maximum Gasteiger partial charge on any atom is 0.325 e. The fourth-order valence-corrected chi connectivity index (χ4v) is 4.05. The summed E-state index contributed by atoms with van der Waals surface area (Å²) in [5.41, 5.74) is 1.64. The smallest absolute Gasteiger partial charge is 0.325 e. The molecule has 0 aromatic heterocycles. The normalized spacial score (nSPS) is 18.4. The number of anilines is 1. The molecule has 3 rings (SSSR count). The number of amides is 4. The maximum absolute atomic E-state index is 13.2. The lowest BCUT2D eigenvalue weighted by Gasteiger charge is -2.26. The average molecular weight is 430 g/mol. The molecule has 30 heavy (non-hydrogen) atoms. The van der Waals surface area contributed by atoms with Crippen LogP contribution in [-0.2, 0) is 15.1 Å². The number of urea groups is 1. The number of imide groups is 1. The minimum absolute atomic E-state index is 0.338. The molecule has 1 aliphatic rings. The van der Waals surface area contributed by atoms with Gasteiger partial charge >= 0.3 is 6.03 Å². The highest BCUT2D eigenvalue weighted by atomic mass is 35.5. The maximum atomic E-state index is 13.2. The molecule has 1 aliphatic heterocycles. The number of aryl methyl sites for hydroxylation is 2. The number of nitrogens with one attached hydrogen (secondary N) is 2. The van der Waals surface area contributed by atoms with Crippen LogP contribution in [0.1, 0.15) is 30.0 Å². The first kappa shape index (κ1) is 21.6. The molecule has 1 heterocycles. The van der Waals surface area contributed by atoms with E-state index in [1.54, 1.807) is 44.4 Å². The van der Waals surface area contributed by atoms with Crippen molar-refractivity contribution in [2.24, 2.45) is 0 Å². The minimum atomic E-state index is -1.22. The summed E-state index contributed by atoms with van der Waals surface area (Å²) in [5.74, 6) is -0.334. The summed E-state index contributed by atoms with van der Waals surface area (Å²) in [5, 5.41) is 5.88. The second-order valence-corrected chi connectivity index (χ2v) is 7.70. The third kappa shape index (κ3) is 3.85. The van der Waals surface area contributed by atoms with Crippen molar-refractivity contribution >= 4 is 35.1 Å². The van der Waals surface area contributed by atoms with E-state index < -0.39 is 29.9 Å². The lowest BCUT2D eigenvalue weighted by Crippen LogP contribution is -2.44. The van der Waals surface area contributed by atoms with Crippen molar-refractivity contribution < 1.29 is 19.1 Å². The van der Waals surface area contributed by atoms with Gasteiger partial charge in [-0.05, 0) is 55.2 Å². The predicted octanol–water partition coefficient (Wildman–Crippen LogP) is 3.76. The molecule has 8 heteroatoms. The highest BCUT2D eigenvalue weighted by Gasteiger charge is 2.51. The summed E-state index contributed by atoms with van der Waals surface area (Å²) in [6.45, 7) is 5.13. The third-order valence-corrected chi connectivity index (χ3v) is 5.58. The minimum Gasteiger partial charge on any atom is -0.497 e. The van der Waals surface area contributed by atoms with Crippen molar-refractivity contribution in [1.82, 2.24) is 10.2 Å². The molecule has 2 N–H and O–H groups in total. The largest absolute Gasteiger partial charge is 0.497 e. The number of halogens is 1. The molecule has 0 radical (unpaired) electrons. The number of nitrogens with zero attached hydrogens (tertiary/aromatic N) is 1. The van der Waals surface area contributed by atoms with E-state index in [0.29, 0.717) is 28.4 Å². The molecule has 2 aromatic rings. The zero-order valence-electron chi connectivity index (χ0n) is 17.3. The Morgan fingerprint density at radius 2 is 1.87 bits per heavy atom. The van der Waals surface area contributed by atoms with Crippen LogP contribution in [0, 0.1) is 13.8 Å². The number of hydrogen-bond donors (Lipinski definition) is 2. The number of carbonyl (C=O) groups excluding carboxylic acids is 3. The van der Waals surface area contributed by atoms with Crippen molar-refractivity contribution in [2.45, 2.75) is 32.7 Å². The second-order valence-electron chi connectivity index (χ2n) is 7.30. The van der Waals surface area contributed by atoms with E-state index in [-0.39, 0.29) is 0 Å². The summed E-state index contributed by atoms with van der Waals surface area (Å²) in [6, 6.07) is 9.94. The quantitative estimate of drug-likeness (QED) is 0.684. The Morgan fingerprint density at radius 1 is 1.20 bits per heavy atom. The van der Waals surface area contributed by atoms with Gasteiger partial charge in [0.05, 0.1) is 17.8 Å². The monoisotopic (exact) mass is 429 g/mol. The molecule has 0 bridgehead atoms. The first-order valence-corrected chi connectivity index (χ1v) is 9.95. The molecular weight excluding hydrogens is 406 g/mol. The van der Waals surface area contributed by atoms with Crippen LogP contribution in [0.15, 0.2) is 36.4 Å². The van der Waals surface area contributed by atoms with E-state index in [4.69, 9.17) is 16.3 Å². The van der Waals surface area contributed by atoms with Gasteiger partial charge in [-0.25, -0.2) is 4.79 Å². The summed E-state index contributed by atoms with van der Waals surface area (Å²) < 4.78 is 5.16. The van der Waals surface area contributed by atoms with Crippen LogP contribution in [0.25, 0.3) is 0 Å². The second kappa shape index (κ2) is 8.36. The average Bonchev–Trinajstić information content (AvgIpc) is 2.96. The zero-order chi connectivity index (χ0) is 22.1. The van der Waals surface area contributed by atoms with Crippen molar-refractivity contribution in [1.29, 1.82) is 0 Å². The molecule has 1 unspecified atom stereocenters. The van der Waals surface area contributed by atoms with Crippen LogP contribution >= 0.6 is 11.6 Å². The molecule has 0 aliphatic carbocycles. The van der Waals surface area contributed by atoms with Crippen LogP contribution in [0.4, 0.5) is 10.5 Å². The molecule has 4 amide bonds. The van der Waals surface area contributed by atoms with Crippen molar-refractivity contribution in [3.8, 4) is 5.75 Å². The topological polar surface area (TPSA) is 87.7 Å². The van der Waals surface area contributed by atoms with E-state index >= 15 is 0 Å². The SMILES string of the molecule is CCC1(c2ccc(OC)cc2)NC(=O)N(CC(=O)Nc2c(C)cc(C)cc2Cl)C1=O. The van der Waals surface area contributed by atoms with Crippen LogP contribution in [0.5, 0.6) is 5.75 Å². The van der Waals surface area contributed by atoms with Gasteiger partial charge in [0.1, 0.15) is 17.8 Å². The molecule has 1 atom stereocenters. The highest BCUT2D eigenvalue weighted by Crippen LogP contribution is 2.33.